The highest BCUT2D eigenvalue weighted by Crippen LogP contribution is 2.70. The Hall–Kier alpha value is -1.39. The quantitative estimate of drug-likeness (QED) is 0.359. The highest BCUT2D eigenvalue weighted by molar-refractivity contribution is 9.10. The maximum atomic E-state index is 15.3. The lowest BCUT2D eigenvalue weighted by Gasteiger charge is -2.65. The van der Waals surface area contributed by atoms with Gasteiger partial charge in [-0.15, -0.1) is 0 Å². The van der Waals surface area contributed by atoms with Crippen molar-refractivity contribution in [3.8, 4) is 16.9 Å². The van der Waals surface area contributed by atoms with E-state index in [9.17, 15) is 0 Å². The minimum Gasteiger partial charge on any atom is -0.467 e. The lowest BCUT2D eigenvalue weighted by Crippen LogP contribution is -2.57. The predicted molar refractivity (Wildman–Crippen MR) is 135 cm³/mol. The molecule has 4 fully saturated rings. The normalized spacial score (nSPS) is 32.5. The molecule has 0 amide bonds. The van der Waals surface area contributed by atoms with Crippen LogP contribution >= 0.6 is 15.9 Å². The molecule has 0 N–H and O–H groups in total. The van der Waals surface area contributed by atoms with E-state index >= 15 is 4.39 Å². The minimum absolute atomic E-state index is 0.0345. The Morgan fingerprint density at radius 3 is 2.27 bits per heavy atom. The third-order valence-electron chi connectivity index (χ3n) is 8.52. The summed E-state index contributed by atoms with van der Waals surface area (Å²) in [5.74, 6) is 1.76. The molecule has 0 aliphatic heterocycles. The van der Waals surface area contributed by atoms with E-state index in [-0.39, 0.29) is 18.0 Å². The Kier molecular flexibility index (Phi) is 5.72. The van der Waals surface area contributed by atoms with Gasteiger partial charge >= 0.3 is 0 Å². The van der Waals surface area contributed by atoms with Gasteiger partial charge in [-0.3, -0.25) is 0 Å². The standard InChI is InChI=1S/C29H36BrFO2/c1-18(2)20-6-7-22(25(30)8-20)23-9-21(31)10-24(26(23)33-17-32-5)29-13-19-11-27(3,15-29)14-28(4,12-19)16-29/h6-10,18-19H,11-17H2,1-5H3/t19-,27+,28-,29-. The summed E-state index contributed by atoms with van der Waals surface area (Å²) in [7, 11) is 1.64. The van der Waals surface area contributed by atoms with Crippen molar-refractivity contribution in [1.82, 2.24) is 0 Å². The molecule has 4 heteroatoms. The molecule has 0 spiro atoms. The smallest absolute Gasteiger partial charge is 0.188 e. The molecule has 0 unspecified atom stereocenters. The molecule has 2 aromatic rings. The molecule has 4 atom stereocenters. The van der Waals surface area contributed by atoms with Gasteiger partial charge in [0, 0.05) is 28.1 Å². The van der Waals surface area contributed by atoms with Gasteiger partial charge in [-0.05, 0) is 90.5 Å². The lowest BCUT2D eigenvalue weighted by molar-refractivity contribution is -0.110. The van der Waals surface area contributed by atoms with Gasteiger partial charge in [0.2, 0.25) is 0 Å². The second-order valence-electron chi connectivity index (χ2n) is 12.2. The average molecular weight is 516 g/mol. The summed E-state index contributed by atoms with van der Waals surface area (Å²) in [5.41, 5.74) is 4.72. The Labute approximate surface area is 206 Å². The Morgan fingerprint density at radius 2 is 1.70 bits per heavy atom. The first kappa shape index (κ1) is 23.4. The Bertz CT molecular complexity index is 1060. The zero-order chi connectivity index (χ0) is 23.6. The van der Waals surface area contributed by atoms with Crippen molar-refractivity contribution in [3.05, 3.63) is 51.7 Å². The average Bonchev–Trinajstić information content (AvgIpc) is 2.69. The van der Waals surface area contributed by atoms with Crippen molar-refractivity contribution >= 4 is 15.9 Å². The molecule has 4 saturated carbocycles. The van der Waals surface area contributed by atoms with E-state index < -0.39 is 0 Å². The van der Waals surface area contributed by atoms with Crippen LogP contribution in [0, 0.1) is 22.6 Å². The van der Waals surface area contributed by atoms with Crippen LogP contribution < -0.4 is 4.74 Å². The monoisotopic (exact) mass is 514 g/mol. The van der Waals surface area contributed by atoms with Gasteiger partial charge in [-0.2, -0.15) is 0 Å². The van der Waals surface area contributed by atoms with Crippen molar-refractivity contribution in [2.45, 2.75) is 77.6 Å². The van der Waals surface area contributed by atoms with E-state index in [1.165, 1.54) is 24.8 Å². The number of hydrogen-bond acceptors (Lipinski definition) is 2. The van der Waals surface area contributed by atoms with Crippen molar-refractivity contribution in [3.63, 3.8) is 0 Å². The first-order valence-corrected chi connectivity index (χ1v) is 13.1. The molecule has 2 aromatic carbocycles. The molecule has 4 aliphatic rings. The Balaban J connectivity index is 1.69. The van der Waals surface area contributed by atoms with Crippen molar-refractivity contribution in [2.75, 3.05) is 13.9 Å². The van der Waals surface area contributed by atoms with Crippen LogP contribution in [-0.2, 0) is 10.2 Å². The topological polar surface area (TPSA) is 18.5 Å². The molecule has 33 heavy (non-hydrogen) atoms. The summed E-state index contributed by atoms with van der Waals surface area (Å²) < 4.78 is 27.9. The van der Waals surface area contributed by atoms with Crippen LogP contribution in [0.4, 0.5) is 4.39 Å². The number of halogens is 2. The zero-order valence-electron chi connectivity index (χ0n) is 20.6. The number of hydrogen-bond donors (Lipinski definition) is 0. The second-order valence-corrected chi connectivity index (χ2v) is 13.0. The molecular formula is C29H36BrFO2. The SMILES string of the molecule is COCOc1c(-c2ccc(C(C)C)cc2Br)cc(F)cc1[C@@]12C[C@@H]3C[C@@](C)(C[C@@](C)(C3)C1)C2. The molecule has 4 bridgehead atoms. The molecule has 178 valence electrons. The predicted octanol–water partition coefficient (Wildman–Crippen LogP) is 8.61. The molecule has 0 radical (unpaired) electrons. The lowest BCUT2D eigenvalue weighted by atomic mass is 9.39. The van der Waals surface area contributed by atoms with Gasteiger partial charge in [0.15, 0.2) is 6.79 Å². The fourth-order valence-corrected chi connectivity index (χ4v) is 8.93. The van der Waals surface area contributed by atoms with Gasteiger partial charge in [-0.25, -0.2) is 4.39 Å². The summed E-state index contributed by atoms with van der Waals surface area (Å²) >= 11 is 3.78. The van der Waals surface area contributed by atoms with Crippen molar-refractivity contribution in [1.29, 1.82) is 0 Å². The van der Waals surface area contributed by atoms with Crippen LogP contribution in [0.2, 0.25) is 0 Å². The summed E-state index contributed by atoms with van der Waals surface area (Å²) in [5, 5.41) is 0. The van der Waals surface area contributed by atoms with E-state index in [0.29, 0.717) is 16.7 Å². The van der Waals surface area contributed by atoms with Gasteiger partial charge in [0.25, 0.3) is 0 Å². The highest BCUT2D eigenvalue weighted by Gasteiger charge is 2.61. The molecule has 4 aliphatic carbocycles. The van der Waals surface area contributed by atoms with Crippen molar-refractivity contribution in [2.24, 2.45) is 16.7 Å². The number of methoxy groups -OCH3 is 1. The Morgan fingerprint density at radius 1 is 1.00 bits per heavy atom. The highest BCUT2D eigenvalue weighted by atomic mass is 79.9. The van der Waals surface area contributed by atoms with E-state index in [0.717, 1.165) is 52.1 Å². The molecule has 0 aromatic heterocycles. The van der Waals surface area contributed by atoms with Crippen LogP contribution in [0.5, 0.6) is 5.75 Å². The van der Waals surface area contributed by atoms with Crippen molar-refractivity contribution < 1.29 is 13.9 Å². The number of ether oxygens (including phenoxy) is 2. The van der Waals surface area contributed by atoms with E-state index in [2.05, 4.69) is 61.8 Å². The summed E-state index contributed by atoms with van der Waals surface area (Å²) in [6, 6.07) is 9.79. The summed E-state index contributed by atoms with van der Waals surface area (Å²) in [6.45, 7) is 9.44. The van der Waals surface area contributed by atoms with Crippen LogP contribution in [0.1, 0.15) is 83.3 Å². The second kappa shape index (κ2) is 8.09. The molecule has 0 saturated heterocycles. The minimum atomic E-state index is -0.185. The first-order valence-electron chi connectivity index (χ1n) is 12.3. The largest absolute Gasteiger partial charge is 0.467 e. The van der Waals surface area contributed by atoms with Gasteiger partial charge in [0.1, 0.15) is 11.6 Å². The number of rotatable bonds is 6. The number of benzene rings is 2. The third kappa shape index (κ3) is 4.05. The van der Waals surface area contributed by atoms with Crippen LogP contribution in [0.3, 0.4) is 0 Å². The summed E-state index contributed by atoms with van der Waals surface area (Å²) in [4.78, 5) is 0. The fraction of sp³-hybridized carbons (Fsp3) is 0.586. The van der Waals surface area contributed by atoms with Crippen LogP contribution in [-0.4, -0.2) is 13.9 Å². The van der Waals surface area contributed by atoms with Gasteiger partial charge < -0.3 is 9.47 Å². The van der Waals surface area contributed by atoms with Gasteiger partial charge in [-0.1, -0.05) is 55.8 Å². The zero-order valence-corrected chi connectivity index (χ0v) is 22.1. The first-order chi connectivity index (χ1) is 15.6. The van der Waals surface area contributed by atoms with E-state index in [4.69, 9.17) is 9.47 Å². The van der Waals surface area contributed by atoms with Crippen LogP contribution in [0.25, 0.3) is 11.1 Å². The van der Waals surface area contributed by atoms with Crippen LogP contribution in [0.15, 0.2) is 34.8 Å². The third-order valence-corrected chi connectivity index (χ3v) is 9.18. The summed E-state index contributed by atoms with van der Waals surface area (Å²) in [6.07, 6.45) is 7.28. The van der Waals surface area contributed by atoms with E-state index in [1.54, 1.807) is 19.2 Å². The molecule has 6 rings (SSSR count). The molecule has 2 nitrogen and oxygen atoms in total. The maximum absolute atomic E-state index is 15.3. The maximum Gasteiger partial charge on any atom is 0.188 e. The van der Waals surface area contributed by atoms with E-state index in [1.807, 2.05) is 0 Å². The fourth-order valence-electron chi connectivity index (χ4n) is 8.32. The van der Waals surface area contributed by atoms with Gasteiger partial charge in [0.05, 0.1) is 0 Å². The molecule has 0 heterocycles. The molecular weight excluding hydrogens is 479 g/mol.